The van der Waals surface area contributed by atoms with Crippen molar-refractivity contribution in [2.45, 2.75) is 31.7 Å². The molecule has 22 heavy (non-hydrogen) atoms. The molecule has 1 saturated heterocycles. The van der Waals surface area contributed by atoms with Crippen LogP contribution in [0.2, 0.25) is 0 Å². The van der Waals surface area contributed by atoms with E-state index in [0.717, 1.165) is 19.3 Å². The minimum atomic E-state index is -0.656. The molecule has 2 N–H and O–H groups in total. The van der Waals surface area contributed by atoms with Gasteiger partial charge in [-0.15, -0.1) is 12.4 Å². The number of likely N-dealkylation sites (tertiary alicyclic amines) is 1. The quantitative estimate of drug-likeness (QED) is 0.905. The first-order valence-electron chi connectivity index (χ1n) is 7.52. The van der Waals surface area contributed by atoms with Gasteiger partial charge in [-0.2, -0.15) is 0 Å². The fourth-order valence-electron chi connectivity index (χ4n) is 3.68. The predicted octanol–water partition coefficient (Wildman–Crippen LogP) is 2.51. The van der Waals surface area contributed by atoms with Crippen molar-refractivity contribution in [2.24, 2.45) is 17.6 Å². The molecule has 0 aromatic heterocycles. The number of fused-ring (bicyclic) bond motifs is 1. The number of rotatable bonds is 2. The third-order valence-electron chi connectivity index (χ3n) is 4.90. The van der Waals surface area contributed by atoms with Crippen LogP contribution in [0.15, 0.2) is 18.2 Å². The third-order valence-corrected chi connectivity index (χ3v) is 4.90. The molecule has 3 atom stereocenters. The van der Waals surface area contributed by atoms with E-state index in [4.69, 9.17) is 5.73 Å². The van der Waals surface area contributed by atoms with Crippen molar-refractivity contribution in [2.75, 3.05) is 13.1 Å². The van der Waals surface area contributed by atoms with Crippen LogP contribution in [0.1, 0.15) is 24.8 Å². The van der Waals surface area contributed by atoms with Gasteiger partial charge >= 0.3 is 0 Å². The molecule has 1 aliphatic heterocycles. The van der Waals surface area contributed by atoms with E-state index in [9.17, 15) is 13.6 Å². The van der Waals surface area contributed by atoms with Gasteiger partial charge in [-0.3, -0.25) is 4.79 Å². The molecule has 1 amide bonds. The zero-order chi connectivity index (χ0) is 15.0. The summed E-state index contributed by atoms with van der Waals surface area (Å²) in [6.07, 6.45) is 2.99. The van der Waals surface area contributed by atoms with E-state index in [1.807, 2.05) is 0 Å². The van der Waals surface area contributed by atoms with Gasteiger partial charge in [0.2, 0.25) is 5.91 Å². The Morgan fingerprint density at radius 3 is 2.55 bits per heavy atom. The van der Waals surface area contributed by atoms with Crippen molar-refractivity contribution in [3.63, 3.8) is 0 Å². The maximum Gasteiger partial charge on any atom is 0.227 e. The lowest BCUT2D eigenvalue weighted by molar-refractivity contribution is -0.129. The number of hydrogen-bond acceptors (Lipinski definition) is 2. The zero-order valence-corrected chi connectivity index (χ0v) is 13.1. The van der Waals surface area contributed by atoms with Gasteiger partial charge in [0.25, 0.3) is 0 Å². The molecule has 3 rings (SSSR count). The molecule has 6 heteroatoms. The zero-order valence-electron chi connectivity index (χ0n) is 12.3. The molecule has 0 spiro atoms. The number of nitrogens with two attached hydrogens (primary N) is 1. The lowest BCUT2D eigenvalue weighted by Crippen LogP contribution is -2.38. The van der Waals surface area contributed by atoms with E-state index < -0.39 is 11.6 Å². The second kappa shape index (κ2) is 6.92. The van der Waals surface area contributed by atoms with Gasteiger partial charge in [0.1, 0.15) is 11.6 Å². The van der Waals surface area contributed by atoms with Gasteiger partial charge in [-0.1, -0.05) is 12.5 Å². The second-order valence-electron chi connectivity index (χ2n) is 6.19. The molecular formula is C16H21ClF2N2O. The van der Waals surface area contributed by atoms with Crippen LogP contribution in [0.25, 0.3) is 0 Å². The molecule has 2 aliphatic rings. The van der Waals surface area contributed by atoms with Crippen LogP contribution in [0.3, 0.4) is 0 Å². The Morgan fingerprint density at radius 1 is 1.23 bits per heavy atom. The molecule has 1 heterocycles. The minimum absolute atomic E-state index is 0. The molecule has 1 aromatic carbocycles. The van der Waals surface area contributed by atoms with Crippen LogP contribution in [0, 0.1) is 23.5 Å². The van der Waals surface area contributed by atoms with Gasteiger partial charge in [-0.25, -0.2) is 8.78 Å². The third kappa shape index (κ3) is 3.25. The highest BCUT2D eigenvalue weighted by Crippen LogP contribution is 2.35. The van der Waals surface area contributed by atoms with Crippen molar-refractivity contribution >= 4 is 18.3 Å². The Hall–Kier alpha value is -1.20. The van der Waals surface area contributed by atoms with E-state index in [0.29, 0.717) is 24.9 Å². The summed E-state index contributed by atoms with van der Waals surface area (Å²) in [7, 11) is 0. The summed E-state index contributed by atoms with van der Waals surface area (Å²) in [4.78, 5) is 14.0. The van der Waals surface area contributed by atoms with Crippen LogP contribution < -0.4 is 5.73 Å². The summed E-state index contributed by atoms with van der Waals surface area (Å²) in [6, 6.07) is 3.82. The fraction of sp³-hybridized carbons (Fsp3) is 0.562. The van der Waals surface area contributed by atoms with E-state index in [1.54, 1.807) is 4.90 Å². The standard InChI is InChI=1S/C16H20F2N2O.ClH/c17-13-4-2-5-14(18)11(13)7-16(21)20-8-10-3-1-6-15(19)12(10)9-20;/h2,4-5,10,12,15H,1,3,6-9,19H2;1H. The van der Waals surface area contributed by atoms with Crippen molar-refractivity contribution in [1.82, 2.24) is 4.90 Å². The molecule has 122 valence electrons. The first kappa shape index (κ1) is 17.2. The number of benzene rings is 1. The molecule has 0 bridgehead atoms. The number of amides is 1. The largest absolute Gasteiger partial charge is 0.342 e. The van der Waals surface area contributed by atoms with Crippen molar-refractivity contribution in [3.8, 4) is 0 Å². The van der Waals surface area contributed by atoms with Crippen LogP contribution >= 0.6 is 12.4 Å². The average molecular weight is 331 g/mol. The normalized spacial score (nSPS) is 27.2. The monoisotopic (exact) mass is 330 g/mol. The molecule has 0 radical (unpaired) electrons. The molecule has 1 aromatic rings. The van der Waals surface area contributed by atoms with Crippen LogP contribution in [-0.4, -0.2) is 29.9 Å². The van der Waals surface area contributed by atoms with Crippen molar-refractivity contribution < 1.29 is 13.6 Å². The average Bonchev–Trinajstić information content (AvgIpc) is 2.88. The van der Waals surface area contributed by atoms with Crippen LogP contribution in [0.4, 0.5) is 8.78 Å². The molecule has 2 fully saturated rings. The Kier molecular flexibility index (Phi) is 5.40. The summed E-state index contributed by atoms with van der Waals surface area (Å²) >= 11 is 0. The predicted molar refractivity (Wildman–Crippen MR) is 82.7 cm³/mol. The highest BCUT2D eigenvalue weighted by molar-refractivity contribution is 5.85. The van der Waals surface area contributed by atoms with Crippen LogP contribution in [-0.2, 0) is 11.2 Å². The number of hydrogen-bond donors (Lipinski definition) is 1. The van der Waals surface area contributed by atoms with Gasteiger partial charge in [0.05, 0.1) is 6.42 Å². The highest BCUT2D eigenvalue weighted by atomic mass is 35.5. The molecule has 1 aliphatic carbocycles. The summed E-state index contributed by atoms with van der Waals surface area (Å²) in [5.41, 5.74) is 5.99. The first-order chi connectivity index (χ1) is 10.1. The number of carbonyl (C=O) groups excluding carboxylic acids is 1. The Balaban J connectivity index is 0.00000176. The maximum absolute atomic E-state index is 13.6. The summed E-state index contributed by atoms with van der Waals surface area (Å²) < 4.78 is 27.2. The topological polar surface area (TPSA) is 46.3 Å². The lowest BCUT2D eigenvalue weighted by atomic mass is 9.78. The van der Waals surface area contributed by atoms with E-state index >= 15 is 0 Å². The minimum Gasteiger partial charge on any atom is -0.342 e. The van der Waals surface area contributed by atoms with E-state index in [-0.39, 0.29) is 36.3 Å². The van der Waals surface area contributed by atoms with Gasteiger partial charge in [0, 0.05) is 24.7 Å². The second-order valence-corrected chi connectivity index (χ2v) is 6.19. The molecule has 3 nitrogen and oxygen atoms in total. The molecular weight excluding hydrogens is 310 g/mol. The summed E-state index contributed by atoms with van der Waals surface area (Å²) in [6.45, 7) is 1.30. The Bertz CT molecular complexity index is 535. The number of carbonyl (C=O) groups is 1. The summed E-state index contributed by atoms with van der Waals surface area (Å²) in [5.74, 6) is -0.731. The Labute approximate surface area is 135 Å². The Morgan fingerprint density at radius 2 is 1.91 bits per heavy atom. The van der Waals surface area contributed by atoms with Crippen molar-refractivity contribution in [3.05, 3.63) is 35.4 Å². The highest BCUT2D eigenvalue weighted by Gasteiger charge is 2.40. The van der Waals surface area contributed by atoms with Gasteiger partial charge in [0.15, 0.2) is 0 Å². The fourth-order valence-corrected chi connectivity index (χ4v) is 3.68. The number of nitrogens with zero attached hydrogens (tertiary/aromatic N) is 1. The first-order valence-corrected chi connectivity index (χ1v) is 7.52. The molecule has 3 unspecified atom stereocenters. The maximum atomic E-state index is 13.6. The molecule has 1 saturated carbocycles. The van der Waals surface area contributed by atoms with Crippen molar-refractivity contribution in [1.29, 1.82) is 0 Å². The van der Waals surface area contributed by atoms with E-state index in [1.165, 1.54) is 18.2 Å². The SMILES string of the molecule is Cl.NC1CCCC2CN(C(=O)Cc3c(F)cccc3F)CC12. The number of halogens is 3. The van der Waals surface area contributed by atoms with Gasteiger partial charge < -0.3 is 10.6 Å². The van der Waals surface area contributed by atoms with Gasteiger partial charge in [-0.05, 0) is 36.8 Å². The van der Waals surface area contributed by atoms with E-state index in [2.05, 4.69) is 0 Å². The summed E-state index contributed by atoms with van der Waals surface area (Å²) in [5, 5.41) is 0. The smallest absolute Gasteiger partial charge is 0.227 e. The lowest BCUT2D eigenvalue weighted by Gasteiger charge is -2.29. The van der Waals surface area contributed by atoms with Crippen LogP contribution in [0.5, 0.6) is 0 Å².